The Balaban J connectivity index is 2.16. The van der Waals surface area contributed by atoms with Crippen LogP contribution >= 0.6 is 0 Å². The molecule has 20 heavy (non-hydrogen) atoms. The first-order valence-electron chi connectivity index (χ1n) is 8.06. The van der Waals surface area contributed by atoms with Crippen LogP contribution in [0, 0.1) is 6.92 Å². The maximum Gasteiger partial charge on any atom is 0.225 e. The highest BCUT2D eigenvalue weighted by atomic mass is 15.3. The molecule has 0 spiro atoms. The Kier molecular flexibility index (Phi) is 5.77. The highest BCUT2D eigenvalue weighted by Crippen LogP contribution is 2.23. The summed E-state index contributed by atoms with van der Waals surface area (Å²) in [6, 6.07) is 0.608. The molecule has 0 amide bonds. The van der Waals surface area contributed by atoms with Gasteiger partial charge in [-0.3, -0.25) is 0 Å². The Morgan fingerprint density at radius 3 is 2.85 bits per heavy atom. The summed E-state index contributed by atoms with van der Waals surface area (Å²) in [6.07, 6.45) is 8.40. The summed E-state index contributed by atoms with van der Waals surface area (Å²) < 4.78 is 0. The summed E-state index contributed by atoms with van der Waals surface area (Å²) in [7, 11) is 0. The van der Waals surface area contributed by atoms with E-state index in [1.807, 2.05) is 6.20 Å². The predicted octanol–water partition coefficient (Wildman–Crippen LogP) is 3.05. The minimum absolute atomic E-state index is 0.608. The van der Waals surface area contributed by atoms with Crippen molar-refractivity contribution < 1.29 is 0 Å². The van der Waals surface area contributed by atoms with Gasteiger partial charge in [-0.05, 0) is 32.7 Å². The molecule has 0 aliphatic carbocycles. The fourth-order valence-electron chi connectivity index (χ4n) is 2.92. The fourth-order valence-corrected chi connectivity index (χ4v) is 2.92. The van der Waals surface area contributed by atoms with Crippen molar-refractivity contribution in [3.8, 4) is 0 Å². The molecule has 0 radical (unpaired) electrons. The zero-order valence-electron chi connectivity index (χ0n) is 13.2. The number of aryl methyl sites for hydroxylation is 1. The molecular weight excluding hydrogens is 248 g/mol. The van der Waals surface area contributed by atoms with Gasteiger partial charge in [0.15, 0.2) is 0 Å². The van der Waals surface area contributed by atoms with E-state index in [0.29, 0.717) is 6.04 Å². The van der Waals surface area contributed by atoms with Gasteiger partial charge in [-0.1, -0.05) is 26.7 Å². The van der Waals surface area contributed by atoms with Gasteiger partial charge >= 0.3 is 0 Å². The second-order valence-electron chi connectivity index (χ2n) is 5.67. The fraction of sp³-hybridized carbons (Fsp3) is 0.750. The normalized spacial score (nSPS) is 19.9. The van der Waals surface area contributed by atoms with E-state index in [2.05, 4.69) is 36.0 Å². The molecule has 1 unspecified atom stereocenters. The van der Waals surface area contributed by atoms with Crippen LogP contribution in [0.1, 0.15) is 57.2 Å². The van der Waals surface area contributed by atoms with Crippen LogP contribution in [0.3, 0.4) is 0 Å². The van der Waals surface area contributed by atoms with Crippen LogP contribution in [-0.4, -0.2) is 29.1 Å². The molecule has 1 aromatic rings. The number of nitrogens with one attached hydrogen (secondary N) is 1. The van der Waals surface area contributed by atoms with Gasteiger partial charge in [-0.2, -0.15) is 0 Å². The first-order chi connectivity index (χ1) is 9.76. The third kappa shape index (κ3) is 3.69. The summed E-state index contributed by atoms with van der Waals surface area (Å²) in [5.41, 5.74) is 2.31. The average molecular weight is 276 g/mol. The summed E-state index contributed by atoms with van der Waals surface area (Å²) in [4.78, 5) is 11.8. The van der Waals surface area contributed by atoms with E-state index >= 15 is 0 Å². The Hall–Kier alpha value is -1.16. The van der Waals surface area contributed by atoms with Crippen LogP contribution in [0.15, 0.2) is 6.20 Å². The Labute approximate surface area is 123 Å². The van der Waals surface area contributed by atoms with Crippen molar-refractivity contribution in [2.75, 3.05) is 18.0 Å². The van der Waals surface area contributed by atoms with E-state index in [9.17, 15) is 0 Å². The SMILES string of the molecule is CCNCc1cnc(N2CCCCCC2CC)nc1C. The molecular formula is C16H28N4. The van der Waals surface area contributed by atoms with E-state index in [-0.39, 0.29) is 0 Å². The van der Waals surface area contributed by atoms with Crippen molar-refractivity contribution in [2.24, 2.45) is 0 Å². The molecule has 1 fully saturated rings. The van der Waals surface area contributed by atoms with E-state index in [4.69, 9.17) is 4.98 Å². The standard InChI is InChI=1S/C16H28N4/c1-4-15-9-7-6-8-10-20(15)16-18-12-14(11-17-5-2)13(3)19-16/h12,15,17H,4-11H2,1-3H3. The van der Waals surface area contributed by atoms with Crippen molar-refractivity contribution >= 4 is 5.95 Å². The largest absolute Gasteiger partial charge is 0.338 e. The van der Waals surface area contributed by atoms with Gasteiger partial charge < -0.3 is 10.2 Å². The lowest BCUT2D eigenvalue weighted by molar-refractivity contribution is 0.546. The number of hydrogen-bond donors (Lipinski definition) is 1. The van der Waals surface area contributed by atoms with Gasteiger partial charge in [-0.25, -0.2) is 9.97 Å². The van der Waals surface area contributed by atoms with E-state index in [1.165, 1.54) is 37.7 Å². The van der Waals surface area contributed by atoms with E-state index in [0.717, 1.165) is 31.3 Å². The van der Waals surface area contributed by atoms with Crippen LogP contribution in [0.4, 0.5) is 5.95 Å². The average Bonchev–Trinajstić information content (AvgIpc) is 2.71. The number of hydrogen-bond acceptors (Lipinski definition) is 4. The molecule has 1 atom stereocenters. The maximum absolute atomic E-state index is 4.76. The Morgan fingerprint density at radius 2 is 2.15 bits per heavy atom. The lowest BCUT2D eigenvalue weighted by Crippen LogP contribution is -2.36. The van der Waals surface area contributed by atoms with Gasteiger partial charge in [0.2, 0.25) is 5.95 Å². The van der Waals surface area contributed by atoms with Crippen LogP contribution in [0.2, 0.25) is 0 Å². The minimum Gasteiger partial charge on any atom is -0.338 e. The molecule has 0 aromatic carbocycles. The van der Waals surface area contributed by atoms with Crippen LogP contribution < -0.4 is 10.2 Å². The predicted molar refractivity (Wildman–Crippen MR) is 84.0 cm³/mol. The van der Waals surface area contributed by atoms with Gasteiger partial charge in [0, 0.05) is 36.6 Å². The van der Waals surface area contributed by atoms with Gasteiger partial charge in [0.25, 0.3) is 0 Å². The molecule has 0 bridgehead atoms. The van der Waals surface area contributed by atoms with Crippen LogP contribution in [0.25, 0.3) is 0 Å². The zero-order chi connectivity index (χ0) is 14.4. The van der Waals surface area contributed by atoms with Gasteiger partial charge in [0.1, 0.15) is 0 Å². The number of anilines is 1. The molecule has 0 saturated carbocycles. The second-order valence-corrected chi connectivity index (χ2v) is 5.67. The molecule has 1 aromatic heterocycles. The highest BCUT2D eigenvalue weighted by molar-refractivity contribution is 5.34. The quantitative estimate of drug-likeness (QED) is 0.897. The van der Waals surface area contributed by atoms with Crippen molar-refractivity contribution in [3.05, 3.63) is 17.5 Å². The molecule has 1 aliphatic heterocycles. The molecule has 2 heterocycles. The smallest absolute Gasteiger partial charge is 0.225 e. The first kappa shape index (κ1) is 15.2. The molecule has 112 valence electrons. The highest BCUT2D eigenvalue weighted by Gasteiger charge is 2.22. The van der Waals surface area contributed by atoms with Crippen molar-refractivity contribution in [2.45, 2.75) is 65.5 Å². The zero-order valence-corrected chi connectivity index (χ0v) is 13.2. The molecule has 2 rings (SSSR count). The number of nitrogens with zero attached hydrogens (tertiary/aromatic N) is 3. The Morgan fingerprint density at radius 1 is 1.30 bits per heavy atom. The summed E-state index contributed by atoms with van der Waals surface area (Å²) >= 11 is 0. The van der Waals surface area contributed by atoms with Crippen molar-refractivity contribution in [3.63, 3.8) is 0 Å². The molecule has 4 nitrogen and oxygen atoms in total. The molecule has 1 saturated heterocycles. The molecule has 1 N–H and O–H groups in total. The lowest BCUT2D eigenvalue weighted by atomic mass is 10.1. The monoisotopic (exact) mass is 276 g/mol. The Bertz CT molecular complexity index is 419. The summed E-state index contributed by atoms with van der Waals surface area (Å²) in [5, 5.41) is 3.34. The number of rotatable bonds is 5. The van der Waals surface area contributed by atoms with E-state index < -0.39 is 0 Å². The lowest BCUT2D eigenvalue weighted by Gasteiger charge is -2.29. The van der Waals surface area contributed by atoms with Crippen LogP contribution in [0.5, 0.6) is 0 Å². The molecule has 4 heteroatoms. The van der Waals surface area contributed by atoms with Gasteiger partial charge in [-0.15, -0.1) is 0 Å². The third-order valence-corrected chi connectivity index (χ3v) is 4.24. The van der Waals surface area contributed by atoms with Crippen LogP contribution in [-0.2, 0) is 6.54 Å². The van der Waals surface area contributed by atoms with Crippen molar-refractivity contribution in [1.29, 1.82) is 0 Å². The topological polar surface area (TPSA) is 41.1 Å². The van der Waals surface area contributed by atoms with Gasteiger partial charge in [0.05, 0.1) is 0 Å². The summed E-state index contributed by atoms with van der Waals surface area (Å²) in [6.45, 7) is 9.43. The van der Waals surface area contributed by atoms with Crippen molar-refractivity contribution in [1.82, 2.24) is 15.3 Å². The maximum atomic E-state index is 4.76. The number of aromatic nitrogens is 2. The van der Waals surface area contributed by atoms with E-state index in [1.54, 1.807) is 0 Å². The first-order valence-corrected chi connectivity index (χ1v) is 8.06. The minimum atomic E-state index is 0.608. The summed E-state index contributed by atoms with van der Waals surface area (Å²) in [5.74, 6) is 0.927. The second kappa shape index (κ2) is 7.58. The third-order valence-electron chi connectivity index (χ3n) is 4.24. The molecule has 1 aliphatic rings.